The van der Waals surface area contributed by atoms with Crippen molar-refractivity contribution in [3.05, 3.63) is 72.6 Å². The van der Waals surface area contributed by atoms with E-state index in [-0.39, 0.29) is 5.91 Å². The Morgan fingerprint density at radius 3 is 2.22 bits per heavy atom. The molecule has 138 valence electrons. The number of pyridine rings is 1. The molecule has 6 nitrogen and oxygen atoms in total. The molecule has 0 aliphatic rings. The largest absolute Gasteiger partial charge is 0.497 e. The zero-order valence-electron chi connectivity index (χ0n) is 15.6. The Kier molecular flexibility index (Phi) is 5.56. The van der Waals surface area contributed by atoms with Crippen LogP contribution < -0.4 is 20.3 Å². The first-order valence-corrected chi connectivity index (χ1v) is 8.51. The average molecular weight is 362 g/mol. The number of anilines is 4. The van der Waals surface area contributed by atoms with E-state index in [4.69, 9.17) is 4.74 Å². The fraction of sp³-hybridized carbons (Fsp3) is 0.143. The van der Waals surface area contributed by atoms with Crippen molar-refractivity contribution in [1.29, 1.82) is 0 Å². The molecule has 0 atom stereocenters. The van der Waals surface area contributed by atoms with Crippen LogP contribution in [0.1, 0.15) is 10.5 Å². The van der Waals surface area contributed by atoms with E-state index in [2.05, 4.69) is 15.6 Å². The Morgan fingerprint density at radius 2 is 1.59 bits per heavy atom. The van der Waals surface area contributed by atoms with E-state index in [9.17, 15) is 4.79 Å². The second-order valence-corrected chi connectivity index (χ2v) is 6.18. The molecule has 0 bridgehead atoms. The van der Waals surface area contributed by atoms with Crippen LogP contribution in [-0.4, -0.2) is 32.1 Å². The first-order valence-electron chi connectivity index (χ1n) is 8.51. The third-order valence-electron chi connectivity index (χ3n) is 4.01. The Morgan fingerprint density at radius 1 is 0.926 bits per heavy atom. The molecule has 2 N–H and O–H groups in total. The van der Waals surface area contributed by atoms with Crippen molar-refractivity contribution in [2.45, 2.75) is 0 Å². The molecule has 0 saturated carbocycles. The van der Waals surface area contributed by atoms with Crippen LogP contribution in [0.3, 0.4) is 0 Å². The maximum absolute atomic E-state index is 12.5. The number of nitrogens with one attached hydrogen (secondary N) is 2. The molecule has 0 fully saturated rings. The molecule has 0 saturated heterocycles. The summed E-state index contributed by atoms with van der Waals surface area (Å²) in [5.41, 5.74) is 3.80. The molecule has 3 rings (SSSR count). The number of hydrogen-bond acceptors (Lipinski definition) is 5. The molecule has 0 unspecified atom stereocenters. The number of carbonyl (C=O) groups excluding carboxylic acids is 1. The molecule has 1 heterocycles. The van der Waals surface area contributed by atoms with Gasteiger partial charge in [0, 0.05) is 43.0 Å². The van der Waals surface area contributed by atoms with Gasteiger partial charge >= 0.3 is 0 Å². The van der Waals surface area contributed by atoms with Crippen molar-refractivity contribution in [2.24, 2.45) is 0 Å². The van der Waals surface area contributed by atoms with Crippen molar-refractivity contribution < 1.29 is 9.53 Å². The minimum atomic E-state index is -0.258. The molecule has 1 aromatic heterocycles. The highest BCUT2D eigenvalue weighted by Crippen LogP contribution is 2.21. The summed E-state index contributed by atoms with van der Waals surface area (Å²) in [6, 6.07) is 18.7. The fourth-order valence-electron chi connectivity index (χ4n) is 2.51. The van der Waals surface area contributed by atoms with Gasteiger partial charge < -0.3 is 20.3 Å². The number of rotatable bonds is 6. The maximum Gasteiger partial charge on any atom is 0.274 e. The molecule has 2 aromatic carbocycles. The van der Waals surface area contributed by atoms with E-state index < -0.39 is 0 Å². The van der Waals surface area contributed by atoms with Gasteiger partial charge in [0.2, 0.25) is 0 Å². The molecular formula is C21H22N4O2. The normalized spacial score (nSPS) is 10.2. The SMILES string of the molecule is COc1ccc(Nc2ccnc(C(=O)Nc3ccc(N(C)C)cc3)c2)cc1. The van der Waals surface area contributed by atoms with E-state index in [1.165, 1.54) is 0 Å². The second kappa shape index (κ2) is 8.23. The van der Waals surface area contributed by atoms with Gasteiger partial charge in [0.25, 0.3) is 5.91 Å². The topological polar surface area (TPSA) is 66.5 Å². The molecule has 6 heteroatoms. The summed E-state index contributed by atoms with van der Waals surface area (Å²) in [4.78, 5) is 18.7. The van der Waals surface area contributed by atoms with Crippen LogP contribution >= 0.6 is 0 Å². The van der Waals surface area contributed by atoms with Crippen LogP contribution in [-0.2, 0) is 0 Å². The number of benzene rings is 2. The number of methoxy groups -OCH3 is 1. The van der Waals surface area contributed by atoms with E-state index >= 15 is 0 Å². The maximum atomic E-state index is 12.5. The first-order chi connectivity index (χ1) is 13.0. The van der Waals surface area contributed by atoms with Crippen molar-refractivity contribution >= 4 is 28.7 Å². The number of amides is 1. The summed E-state index contributed by atoms with van der Waals surface area (Å²) in [5, 5.41) is 6.12. The smallest absolute Gasteiger partial charge is 0.274 e. The lowest BCUT2D eigenvalue weighted by Crippen LogP contribution is -2.14. The van der Waals surface area contributed by atoms with Gasteiger partial charge in [0.15, 0.2) is 0 Å². The van der Waals surface area contributed by atoms with E-state index in [1.54, 1.807) is 19.4 Å². The summed E-state index contributed by atoms with van der Waals surface area (Å²) in [6.07, 6.45) is 1.61. The van der Waals surface area contributed by atoms with Gasteiger partial charge in [-0.25, -0.2) is 0 Å². The van der Waals surface area contributed by atoms with E-state index in [0.29, 0.717) is 5.69 Å². The average Bonchev–Trinajstić information content (AvgIpc) is 2.69. The van der Waals surface area contributed by atoms with Crippen molar-refractivity contribution in [3.63, 3.8) is 0 Å². The van der Waals surface area contributed by atoms with Crippen molar-refractivity contribution in [2.75, 3.05) is 36.7 Å². The lowest BCUT2D eigenvalue weighted by atomic mass is 10.2. The molecule has 0 aliphatic heterocycles. The van der Waals surface area contributed by atoms with Crippen LogP contribution in [0.5, 0.6) is 5.75 Å². The minimum Gasteiger partial charge on any atom is -0.497 e. The predicted molar refractivity (Wildman–Crippen MR) is 109 cm³/mol. The zero-order valence-corrected chi connectivity index (χ0v) is 15.6. The third kappa shape index (κ3) is 4.76. The summed E-state index contributed by atoms with van der Waals surface area (Å²) < 4.78 is 5.15. The van der Waals surface area contributed by atoms with Gasteiger partial charge in [-0.3, -0.25) is 9.78 Å². The molecule has 3 aromatic rings. The summed E-state index contributed by atoms with van der Waals surface area (Å²) in [6.45, 7) is 0. The monoisotopic (exact) mass is 362 g/mol. The molecule has 0 aliphatic carbocycles. The Labute approximate surface area is 158 Å². The second-order valence-electron chi connectivity index (χ2n) is 6.18. The summed E-state index contributed by atoms with van der Waals surface area (Å²) >= 11 is 0. The molecule has 0 spiro atoms. The highest BCUT2D eigenvalue weighted by molar-refractivity contribution is 6.03. The highest BCUT2D eigenvalue weighted by Gasteiger charge is 2.09. The molecule has 1 amide bonds. The standard InChI is InChI=1S/C21H22N4O2/c1-25(2)18-8-4-16(5-9-18)24-21(26)20-14-17(12-13-22-20)23-15-6-10-19(27-3)11-7-15/h4-14H,1-3H3,(H,22,23)(H,24,26). The van der Waals surface area contributed by atoms with Crippen LogP contribution in [0.4, 0.5) is 22.7 Å². The Hall–Kier alpha value is -3.54. The van der Waals surface area contributed by atoms with E-state index in [1.807, 2.05) is 73.6 Å². The van der Waals surface area contributed by atoms with Crippen LogP contribution in [0, 0.1) is 0 Å². The van der Waals surface area contributed by atoms with E-state index in [0.717, 1.165) is 28.5 Å². The van der Waals surface area contributed by atoms with Gasteiger partial charge in [0.1, 0.15) is 11.4 Å². The number of hydrogen-bond donors (Lipinski definition) is 2. The fourth-order valence-corrected chi connectivity index (χ4v) is 2.51. The number of nitrogens with zero attached hydrogens (tertiary/aromatic N) is 2. The molecule has 0 radical (unpaired) electrons. The van der Waals surface area contributed by atoms with Gasteiger partial charge in [-0.1, -0.05) is 0 Å². The quantitative estimate of drug-likeness (QED) is 0.689. The van der Waals surface area contributed by atoms with Crippen LogP contribution in [0.25, 0.3) is 0 Å². The minimum absolute atomic E-state index is 0.258. The van der Waals surface area contributed by atoms with Gasteiger partial charge in [-0.2, -0.15) is 0 Å². The first kappa shape index (κ1) is 18.3. The van der Waals surface area contributed by atoms with Gasteiger partial charge in [0.05, 0.1) is 7.11 Å². The van der Waals surface area contributed by atoms with Crippen molar-refractivity contribution in [1.82, 2.24) is 4.98 Å². The Balaban J connectivity index is 1.69. The Bertz CT molecular complexity index is 906. The lowest BCUT2D eigenvalue weighted by molar-refractivity contribution is 0.102. The third-order valence-corrected chi connectivity index (χ3v) is 4.01. The molecule has 27 heavy (non-hydrogen) atoms. The number of ether oxygens (including phenoxy) is 1. The predicted octanol–water partition coefficient (Wildman–Crippen LogP) is 4.15. The summed E-state index contributed by atoms with van der Waals surface area (Å²) in [7, 11) is 5.57. The van der Waals surface area contributed by atoms with Crippen molar-refractivity contribution in [3.8, 4) is 5.75 Å². The summed E-state index contributed by atoms with van der Waals surface area (Å²) in [5.74, 6) is 0.529. The lowest BCUT2D eigenvalue weighted by Gasteiger charge is -2.13. The van der Waals surface area contributed by atoms with Crippen LogP contribution in [0.2, 0.25) is 0 Å². The van der Waals surface area contributed by atoms with Gasteiger partial charge in [-0.05, 0) is 60.7 Å². The zero-order chi connectivity index (χ0) is 19.2. The van der Waals surface area contributed by atoms with Gasteiger partial charge in [-0.15, -0.1) is 0 Å². The highest BCUT2D eigenvalue weighted by atomic mass is 16.5. The molecular weight excluding hydrogens is 340 g/mol. The number of aromatic nitrogens is 1. The van der Waals surface area contributed by atoms with Crippen LogP contribution in [0.15, 0.2) is 66.9 Å². The number of carbonyl (C=O) groups is 1.